The van der Waals surface area contributed by atoms with Gasteiger partial charge < -0.3 is 10.2 Å². The summed E-state index contributed by atoms with van der Waals surface area (Å²) >= 11 is 0. The van der Waals surface area contributed by atoms with E-state index < -0.39 is 0 Å². The fourth-order valence-electron chi connectivity index (χ4n) is 3.64. The molecule has 0 aromatic heterocycles. The molecule has 0 radical (unpaired) electrons. The molecular formula is C23H28N2O2. The third-order valence-electron chi connectivity index (χ3n) is 5.10. The zero-order valence-corrected chi connectivity index (χ0v) is 15.8. The molecule has 142 valence electrons. The maximum atomic E-state index is 12.9. The van der Waals surface area contributed by atoms with E-state index in [1.807, 2.05) is 65.6 Å². The van der Waals surface area contributed by atoms with E-state index in [-0.39, 0.29) is 17.7 Å². The first-order chi connectivity index (χ1) is 13.3. The van der Waals surface area contributed by atoms with E-state index in [1.54, 1.807) is 0 Å². The second-order valence-electron chi connectivity index (χ2n) is 7.09. The summed E-state index contributed by atoms with van der Waals surface area (Å²) < 4.78 is 0. The SMILES string of the molecule is O=C(NCCCN1CCCCCC1=O)C(c1ccccc1)c1ccccc1. The molecular weight excluding hydrogens is 336 g/mol. The molecule has 1 aliphatic heterocycles. The Morgan fingerprint density at radius 2 is 1.56 bits per heavy atom. The zero-order chi connectivity index (χ0) is 18.9. The van der Waals surface area contributed by atoms with Gasteiger partial charge >= 0.3 is 0 Å². The van der Waals surface area contributed by atoms with Gasteiger partial charge in [0, 0.05) is 26.1 Å². The van der Waals surface area contributed by atoms with E-state index in [0.717, 1.165) is 49.9 Å². The highest BCUT2D eigenvalue weighted by Gasteiger charge is 2.22. The zero-order valence-electron chi connectivity index (χ0n) is 15.8. The molecule has 0 unspecified atom stereocenters. The van der Waals surface area contributed by atoms with Gasteiger partial charge in [-0.25, -0.2) is 0 Å². The molecule has 1 saturated heterocycles. The number of rotatable bonds is 7. The van der Waals surface area contributed by atoms with Crippen molar-refractivity contribution in [1.82, 2.24) is 10.2 Å². The fourth-order valence-corrected chi connectivity index (χ4v) is 3.64. The molecule has 2 aromatic rings. The van der Waals surface area contributed by atoms with Crippen molar-refractivity contribution in [2.45, 2.75) is 38.0 Å². The summed E-state index contributed by atoms with van der Waals surface area (Å²) in [5, 5.41) is 3.07. The van der Waals surface area contributed by atoms with Gasteiger partial charge in [0.2, 0.25) is 11.8 Å². The highest BCUT2D eigenvalue weighted by atomic mass is 16.2. The number of likely N-dealkylation sites (tertiary alicyclic amines) is 1. The van der Waals surface area contributed by atoms with E-state index in [9.17, 15) is 9.59 Å². The van der Waals surface area contributed by atoms with Gasteiger partial charge in [-0.3, -0.25) is 9.59 Å². The van der Waals surface area contributed by atoms with Crippen molar-refractivity contribution in [3.05, 3.63) is 71.8 Å². The Balaban J connectivity index is 1.58. The normalized spacial score (nSPS) is 14.9. The van der Waals surface area contributed by atoms with Gasteiger partial charge in [0.05, 0.1) is 5.92 Å². The van der Waals surface area contributed by atoms with Crippen molar-refractivity contribution in [1.29, 1.82) is 0 Å². The molecule has 0 bridgehead atoms. The third-order valence-corrected chi connectivity index (χ3v) is 5.10. The van der Waals surface area contributed by atoms with Gasteiger partial charge in [-0.1, -0.05) is 67.1 Å². The lowest BCUT2D eigenvalue weighted by Gasteiger charge is -2.21. The van der Waals surface area contributed by atoms with Crippen molar-refractivity contribution < 1.29 is 9.59 Å². The van der Waals surface area contributed by atoms with E-state index in [4.69, 9.17) is 0 Å². The van der Waals surface area contributed by atoms with Crippen LogP contribution in [0.4, 0.5) is 0 Å². The molecule has 1 N–H and O–H groups in total. The van der Waals surface area contributed by atoms with Crippen molar-refractivity contribution >= 4 is 11.8 Å². The fraction of sp³-hybridized carbons (Fsp3) is 0.391. The predicted molar refractivity (Wildman–Crippen MR) is 107 cm³/mol. The summed E-state index contributed by atoms with van der Waals surface area (Å²) in [6, 6.07) is 19.7. The van der Waals surface area contributed by atoms with Crippen LogP contribution >= 0.6 is 0 Å². The summed E-state index contributed by atoms with van der Waals surface area (Å²) in [6.07, 6.45) is 4.67. The Hall–Kier alpha value is -2.62. The topological polar surface area (TPSA) is 49.4 Å². The van der Waals surface area contributed by atoms with Gasteiger partial charge in [0.1, 0.15) is 0 Å². The summed E-state index contributed by atoms with van der Waals surface area (Å²) in [5.41, 5.74) is 1.98. The quantitative estimate of drug-likeness (QED) is 0.761. The Labute approximate surface area is 161 Å². The first-order valence-electron chi connectivity index (χ1n) is 9.91. The summed E-state index contributed by atoms with van der Waals surface area (Å²) in [4.78, 5) is 26.9. The minimum Gasteiger partial charge on any atom is -0.355 e. The van der Waals surface area contributed by atoms with Gasteiger partial charge in [0.25, 0.3) is 0 Å². The Morgan fingerprint density at radius 3 is 2.19 bits per heavy atom. The van der Waals surface area contributed by atoms with Crippen molar-refractivity contribution in [2.75, 3.05) is 19.6 Å². The largest absolute Gasteiger partial charge is 0.355 e. The Kier molecular flexibility index (Phi) is 7.03. The average Bonchev–Trinajstić information content (AvgIpc) is 2.91. The van der Waals surface area contributed by atoms with Gasteiger partial charge in [-0.05, 0) is 30.4 Å². The van der Waals surface area contributed by atoms with Gasteiger partial charge in [0.15, 0.2) is 0 Å². The summed E-state index contributed by atoms with van der Waals surface area (Å²) in [5.74, 6) is -0.0490. The van der Waals surface area contributed by atoms with Crippen LogP contribution in [0.2, 0.25) is 0 Å². The monoisotopic (exact) mass is 364 g/mol. The van der Waals surface area contributed by atoms with Crippen LogP contribution in [-0.4, -0.2) is 36.3 Å². The van der Waals surface area contributed by atoms with E-state index >= 15 is 0 Å². The summed E-state index contributed by atoms with van der Waals surface area (Å²) in [7, 11) is 0. The first-order valence-corrected chi connectivity index (χ1v) is 9.91. The van der Waals surface area contributed by atoms with Gasteiger partial charge in [-0.15, -0.1) is 0 Å². The average molecular weight is 364 g/mol. The van der Waals surface area contributed by atoms with Crippen LogP contribution < -0.4 is 5.32 Å². The van der Waals surface area contributed by atoms with Crippen LogP contribution in [0.1, 0.15) is 49.1 Å². The molecule has 2 amide bonds. The Morgan fingerprint density at radius 1 is 0.926 bits per heavy atom. The van der Waals surface area contributed by atoms with Crippen molar-refractivity contribution in [2.24, 2.45) is 0 Å². The van der Waals surface area contributed by atoms with Crippen LogP contribution in [0, 0.1) is 0 Å². The standard InChI is InChI=1S/C23H28N2O2/c26-21-15-8-3-9-17-25(21)18-10-16-24-23(27)22(19-11-4-1-5-12-19)20-13-6-2-7-14-20/h1-2,4-7,11-14,22H,3,8-10,15-18H2,(H,24,27). The van der Waals surface area contributed by atoms with Crippen molar-refractivity contribution in [3.8, 4) is 0 Å². The molecule has 1 heterocycles. The maximum Gasteiger partial charge on any atom is 0.232 e. The minimum absolute atomic E-state index is 0.00888. The number of carbonyl (C=O) groups excluding carboxylic acids is 2. The molecule has 0 spiro atoms. The first kappa shape index (κ1) is 19.2. The molecule has 3 rings (SSSR count). The van der Waals surface area contributed by atoms with E-state index in [1.165, 1.54) is 0 Å². The number of hydrogen-bond donors (Lipinski definition) is 1. The predicted octanol–water partition coefficient (Wildman–Crippen LogP) is 3.73. The highest BCUT2D eigenvalue weighted by Crippen LogP contribution is 2.24. The third kappa shape index (κ3) is 5.43. The highest BCUT2D eigenvalue weighted by molar-refractivity contribution is 5.87. The van der Waals surface area contributed by atoms with E-state index in [2.05, 4.69) is 5.32 Å². The molecule has 1 aliphatic rings. The molecule has 27 heavy (non-hydrogen) atoms. The molecule has 4 heteroatoms. The lowest BCUT2D eigenvalue weighted by molar-refractivity contribution is -0.130. The second-order valence-corrected chi connectivity index (χ2v) is 7.09. The molecule has 0 aliphatic carbocycles. The number of carbonyl (C=O) groups is 2. The molecule has 0 atom stereocenters. The van der Waals surface area contributed by atoms with Crippen molar-refractivity contribution in [3.63, 3.8) is 0 Å². The summed E-state index contributed by atoms with van der Waals surface area (Å²) in [6.45, 7) is 2.16. The molecule has 1 fully saturated rings. The number of hydrogen-bond acceptors (Lipinski definition) is 2. The van der Waals surface area contributed by atoms with Gasteiger partial charge in [-0.2, -0.15) is 0 Å². The molecule has 4 nitrogen and oxygen atoms in total. The number of nitrogens with one attached hydrogen (secondary N) is 1. The van der Waals surface area contributed by atoms with Crippen LogP contribution in [0.3, 0.4) is 0 Å². The maximum absolute atomic E-state index is 12.9. The Bertz CT molecular complexity index is 691. The lowest BCUT2D eigenvalue weighted by atomic mass is 9.90. The molecule has 0 saturated carbocycles. The van der Waals surface area contributed by atoms with Crippen LogP contribution in [0.25, 0.3) is 0 Å². The second kappa shape index (κ2) is 9.91. The van der Waals surface area contributed by atoms with Crippen LogP contribution in [0.5, 0.6) is 0 Å². The number of amides is 2. The van der Waals surface area contributed by atoms with Crippen LogP contribution in [0.15, 0.2) is 60.7 Å². The minimum atomic E-state index is -0.313. The number of nitrogens with zero attached hydrogens (tertiary/aromatic N) is 1. The van der Waals surface area contributed by atoms with Crippen LogP contribution in [-0.2, 0) is 9.59 Å². The van der Waals surface area contributed by atoms with E-state index in [0.29, 0.717) is 13.0 Å². The lowest BCUT2D eigenvalue weighted by Crippen LogP contribution is -2.35. The smallest absolute Gasteiger partial charge is 0.232 e. The number of benzene rings is 2. The molecule has 2 aromatic carbocycles.